The second-order valence-corrected chi connectivity index (χ2v) is 2.09. The average Bonchev–Trinajstić information content (AvgIpc) is 1.94. The normalized spacial score (nSPS) is 9.55. The molecule has 1 heterocycles. The molecule has 5 heteroatoms. The summed E-state index contributed by atoms with van der Waals surface area (Å²) in [4.78, 5) is 12.9. The van der Waals surface area contributed by atoms with Gasteiger partial charge in [-0.1, -0.05) is 0 Å². The van der Waals surface area contributed by atoms with Gasteiger partial charge in [0, 0.05) is 11.6 Å². The first-order valence-electron chi connectivity index (χ1n) is 2.91. The largest absolute Gasteiger partial charge is 0.504 e. The Balaban J connectivity index is 3.15. The topological polar surface area (TPSA) is 76.3 Å². The molecule has 58 valence electrons. The molecule has 0 aliphatic carbocycles. The fourth-order valence-electron chi connectivity index (χ4n) is 0.634. The Labute approximate surface area is 62.5 Å². The number of aromatic hydroxyl groups is 1. The Bertz CT molecular complexity index is 298. The molecule has 0 saturated heterocycles. The second kappa shape index (κ2) is 2.53. The zero-order chi connectivity index (χ0) is 8.43. The molecule has 0 atom stereocenters. The van der Waals surface area contributed by atoms with Gasteiger partial charge in [0.05, 0.1) is 0 Å². The zero-order valence-electron chi connectivity index (χ0n) is 5.81. The van der Waals surface area contributed by atoms with Crippen molar-refractivity contribution < 1.29 is 10.0 Å². The SMILES string of the molecule is Cc1cc([N+](=O)[O-])ncc1O. The summed E-state index contributed by atoms with van der Waals surface area (Å²) in [5.74, 6) is -0.282. The highest BCUT2D eigenvalue weighted by Gasteiger charge is 2.08. The molecule has 11 heavy (non-hydrogen) atoms. The molecule has 1 aromatic heterocycles. The van der Waals surface area contributed by atoms with Crippen molar-refractivity contribution in [3.05, 3.63) is 27.9 Å². The third kappa shape index (κ3) is 1.43. The fourth-order valence-corrected chi connectivity index (χ4v) is 0.634. The van der Waals surface area contributed by atoms with E-state index < -0.39 is 4.92 Å². The molecule has 0 aliphatic heterocycles. The van der Waals surface area contributed by atoms with Crippen LogP contribution in [0.25, 0.3) is 0 Å². The van der Waals surface area contributed by atoms with Gasteiger partial charge in [0.25, 0.3) is 0 Å². The molecule has 0 aliphatic rings. The Morgan fingerprint density at radius 1 is 1.73 bits per heavy atom. The Morgan fingerprint density at radius 2 is 2.36 bits per heavy atom. The Hall–Kier alpha value is -1.65. The lowest BCUT2D eigenvalue weighted by Crippen LogP contribution is -1.91. The molecule has 0 spiro atoms. The molecule has 5 nitrogen and oxygen atoms in total. The molecule has 0 saturated carbocycles. The molecule has 0 aromatic carbocycles. The van der Waals surface area contributed by atoms with E-state index in [9.17, 15) is 10.1 Å². The lowest BCUT2D eigenvalue weighted by Gasteiger charge is -1.94. The quantitative estimate of drug-likeness (QED) is 0.483. The summed E-state index contributed by atoms with van der Waals surface area (Å²) in [7, 11) is 0. The van der Waals surface area contributed by atoms with E-state index in [4.69, 9.17) is 5.11 Å². The van der Waals surface area contributed by atoms with Crippen molar-refractivity contribution in [2.24, 2.45) is 0 Å². The van der Waals surface area contributed by atoms with Crippen LogP contribution in [0.5, 0.6) is 5.75 Å². The van der Waals surface area contributed by atoms with Crippen molar-refractivity contribution in [1.29, 1.82) is 0 Å². The highest BCUT2D eigenvalue weighted by molar-refractivity contribution is 5.34. The number of hydrogen-bond donors (Lipinski definition) is 1. The van der Waals surface area contributed by atoms with Gasteiger partial charge in [-0.2, -0.15) is 0 Å². The van der Waals surface area contributed by atoms with Gasteiger partial charge in [-0.15, -0.1) is 0 Å². The smallest absolute Gasteiger partial charge is 0.363 e. The number of aromatic nitrogens is 1. The second-order valence-electron chi connectivity index (χ2n) is 2.09. The first-order chi connectivity index (χ1) is 5.11. The number of nitro groups is 1. The predicted octanol–water partition coefficient (Wildman–Crippen LogP) is 1.00. The van der Waals surface area contributed by atoms with Crippen LogP contribution in [0.4, 0.5) is 5.82 Å². The number of rotatable bonds is 1. The average molecular weight is 154 g/mol. The third-order valence-electron chi connectivity index (χ3n) is 1.26. The van der Waals surface area contributed by atoms with E-state index in [0.29, 0.717) is 5.56 Å². The van der Waals surface area contributed by atoms with Gasteiger partial charge < -0.3 is 15.2 Å². The summed E-state index contributed by atoms with van der Waals surface area (Å²) >= 11 is 0. The molecule has 1 rings (SSSR count). The molecule has 0 fully saturated rings. The number of hydrogen-bond acceptors (Lipinski definition) is 4. The van der Waals surface area contributed by atoms with Crippen LogP contribution in [-0.4, -0.2) is 15.0 Å². The van der Waals surface area contributed by atoms with Gasteiger partial charge in [0.1, 0.15) is 0 Å². The van der Waals surface area contributed by atoms with Crippen LogP contribution in [0.2, 0.25) is 0 Å². The van der Waals surface area contributed by atoms with E-state index in [1.54, 1.807) is 6.92 Å². The predicted molar refractivity (Wildman–Crippen MR) is 37.3 cm³/mol. The minimum Gasteiger partial charge on any atom is -0.504 e. The molecular formula is C6H6N2O3. The lowest BCUT2D eigenvalue weighted by molar-refractivity contribution is -0.389. The summed E-state index contributed by atoms with van der Waals surface area (Å²) in [6, 6.07) is 1.22. The van der Waals surface area contributed by atoms with Crippen molar-refractivity contribution in [1.82, 2.24) is 4.98 Å². The van der Waals surface area contributed by atoms with E-state index in [1.807, 2.05) is 0 Å². The Morgan fingerprint density at radius 3 is 2.82 bits per heavy atom. The monoisotopic (exact) mass is 154 g/mol. The number of pyridine rings is 1. The fraction of sp³-hybridized carbons (Fsp3) is 0.167. The van der Waals surface area contributed by atoms with Gasteiger partial charge >= 0.3 is 5.82 Å². The molecule has 0 unspecified atom stereocenters. The van der Waals surface area contributed by atoms with Gasteiger partial charge in [-0.25, -0.2) is 0 Å². The van der Waals surface area contributed by atoms with E-state index in [0.717, 1.165) is 6.20 Å². The molecule has 0 radical (unpaired) electrons. The van der Waals surface area contributed by atoms with Crippen LogP contribution in [0.15, 0.2) is 12.3 Å². The third-order valence-corrected chi connectivity index (χ3v) is 1.26. The van der Waals surface area contributed by atoms with Gasteiger partial charge in [0.15, 0.2) is 11.9 Å². The van der Waals surface area contributed by atoms with E-state index >= 15 is 0 Å². The number of nitrogens with zero attached hydrogens (tertiary/aromatic N) is 2. The minimum absolute atomic E-state index is 0.0319. The zero-order valence-corrected chi connectivity index (χ0v) is 5.81. The van der Waals surface area contributed by atoms with Crippen LogP contribution in [0.1, 0.15) is 5.56 Å². The Kier molecular flexibility index (Phi) is 1.72. The van der Waals surface area contributed by atoms with Crippen LogP contribution in [-0.2, 0) is 0 Å². The van der Waals surface area contributed by atoms with Gasteiger partial charge in [0.2, 0.25) is 0 Å². The molecule has 0 bridgehead atoms. The van der Waals surface area contributed by atoms with E-state index in [2.05, 4.69) is 4.98 Å². The van der Waals surface area contributed by atoms with Crippen molar-refractivity contribution in [2.45, 2.75) is 6.92 Å². The first-order valence-corrected chi connectivity index (χ1v) is 2.91. The summed E-state index contributed by atoms with van der Waals surface area (Å²) in [5.41, 5.74) is 0.451. The van der Waals surface area contributed by atoms with Crippen molar-refractivity contribution in [3.8, 4) is 5.75 Å². The molecular weight excluding hydrogens is 148 g/mol. The highest BCUT2D eigenvalue weighted by Crippen LogP contribution is 2.17. The molecule has 1 N–H and O–H groups in total. The van der Waals surface area contributed by atoms with E-state index in [-0.39, 0.29) is 11.6 Å². The standard InChI is InChI=1S/C6H6N2O3/c1-4-2-6(8(10)11)7-3-5(4)9/h2-3,9H,1H3. The van der Waals surface area contributed by atoms with Crippen molar-refractivity contribution in [3.63, 3.8) is 0 Å². The van der Waals surface area contributed by atoms with Crippen LogP contribution in [0, 0.1) is 17.0 Å². The van der Waals surface area contributed by atoms with Crippen molar-refractivity contribution in [2.75, 3.05) is 0 Å². The van der Waals surface area contributed by atoms with Crippen LogP contribution >= 0.6 is 0 Å². The summed E-state index contributed by atoms with van der Waals surface area (Å²) in [6.07, 6.45) is 1.06. The van der Waals surface area contributed by atoms with Crippen LogP contribution < -0.4 is 0 Å². The minimum atomic E-state index is -0.605. The van der Waals surface area contributed by atoms with Crippen LogP contribution in [0.3, 0.4) is 0 Å². The van der Waals surface area contributed by atoms with Gasteiger partial charge in [-0.05, 0) is 16.8 Å². The maximum absolute atomic E-state index is 10.1. The summed E-state index contributed by atoms with van der Waals surface area (Å²) in [6.45, 7) is 1.57. The lowest BCUT2D eigenvalue weighted by atomic mass is 10.3. The van der Waals surface area contributed by atoms with Crippen molar-refractivity contribution >= 4 is 5.82 Å². The molecule has 1 aromatic rings. The van der Waals surface area contributed by atoms with Gasteiger partial charge in [-0.3, -0.25) is 0 Å². The highest BCUT2D eigenvalue weighted by atomic mass is 16.6. The first kappa shape index (κ1) is 7.46. The van der Waals surface area contributed by atoms with E-state index in [1.165, 1.54) is 6.07 Å². The maximum Gasteiger partial charge on any atom is 0.363 e. The maximum atomic E-state index is 10.1. The molecule has 0 amide bonds. The number of aryl methyl sites for hydroxylation is 1. The summed E-state index contributed by atoms with van der Waals surface area (Å²) < 4.78 is 0. The summed E-state index contributed by atoms with van der Waals surface area (Å²) in [5, 5.41) is 19.1.